The fraction of sp³-hybridized carbons (Fsp3) is 0.488. The molecule has 2 aromatic carbocycles. The molecule has 0 bridgehead atoms. The van der Waals surface area contributed by atoms with Gasteiger partial charge in [-0.25, -0.2) is 10.3 Å². The van der Waals surface area contributed by atoms with Crippen molar-refractivity contribution in [2.45, 2.75) is 106 Å². The zero-order chi connectivity index (χ0) is 41.7. The van der Waals surface area contributed by atoms with Gasteiger partial charge >= 0.3 is 6.03 Å². The number of para-hydroxylation sites is 1. The molecule has 1 aliphatic heterocycles. The summed E-state index contributed by atoms with van der Waals surface area (Å²) in [6.07, 6.45) is 11.0. The maximum Gasteiger partial charge on any atom is 0.322 e. The van der Waals surface area contributed by atoms with E-state index in [0.717, 1.165) is 61.9 Å². The van der Waals surface area contributed by atoms with Crippen molar-refractivity contribution in [1.29, 1.82) is 0 Å². The summed E-state index contributed by atoms with van der Waals surface area (Å²) in [5.74, 6) is 0.185. The quantitative estimate of drug-likeness (QED) is 0.0255. The molecule has 54 heavy (non-hydrogen) atoms. The average molecular weight is 754 g/mol. The van der Waals surface area contributed by atoms with E-state index in [1.807, 2.05) is 76.1 Å². The maximum atomic E-state index is 12.7. The van der Waals surface area contributed by atoms with E-state index in [2.05, 4.69) is 67.3 Å². The lowest BCUT2D eigenvalue weighted by molar-refractivity contribution is -0.119. The third-order valence-electron chi connectivity index (χ3n) is 7.36. The molecule has 0 aromatic heterocycles. The van der Waals surface area contributed by atoms with E-state index in [9.17, 15) is 19.5 Å². The number of anilines is 1. The number of urea groups is 1. The minimum absolute atomic E-state index is 0.0275. The lowest BCUT2D eigenvalue weighted by Crippen LogP contribution is -2.44. The number of nitrogens with zero attached hydrogens (tertiary/aromatic N) is 2. The van der Waals surface area contributed by atoms with Crippen LogP contribution in [0.15, 0.2) is 79.7 Å². The highest BCUT2D eigenvalue weighted by Crippen LogP contribution is 2.24. The maximum absolute atomic E-state index is 12.7. The molecule has 0 radical (unpaired) electrons. The molecule has 1 unspecified atom stereocenters. The van der Waals surface area contributed by atoms with Crippen molar-refractivity contribution in [2.75, 3.05) is 38.7 Å². The van der Waals surface area contributed by atoms with Gasteiger partial charge in [-0.2, -0.15) is 0 Å². The Hall–Kier alpha value is -4.74. The van der Waals surface area contributed by atoms with Gasteiger partial charge in [0.1, 0.15) is 18.6 Å². The predicted molar refractivity (Wildman–Crippen MR) is 227 cm³/mol. The lowest BCUT2D eigenvalue weighted by atomic mass is 10.0. The Labute approximate surface area is 327 Å². The van der Waals surface area contributed by atoms with Crippen molar-refractivity contribution >= 4 is 30.1 Å². The number of carbonyl (C=O) groups excluding carboxylic acids is 3. The number of aliphatic imine (C=N–C) groups is 1. The number of phenolic OH excluding ortho intramolecular Hbond substituents is 1. The summed E-state index contributed by atoms with van der Waals surface area (Å²) in [6.45, 7) is 30.4. The number of aryl methyl sites for hydroxylation is 3. The van der Waals surface area contributed by atoms with Crippen molar-refractivity contribution in [3.63, 3.8) is 0 Å². The number of aromatic hydroxyl groups is 1. The Morgan fingerprint density at radius 1 is 1.07 bits per heavy atom. The van der Waals surface area contributed by atoms with Crippen LogP contribution in [0.4, 0.5) is 10.5 Å². The van der Waals surface area contributed by atoms with Gasteiger partial charge in [-0.1, -0.05) is 96.0 Å². The molecule has 1 heterocycles. The van der Waals surface area contributed by atoms with E-state index < -0.39 is 0 Å². The van der Waals surface area contributed by atoms with Gasteiger partial charge in [0.05, 0.1) is 6.61 Å². The molecule has 2 aromatic rings. The number of rotatable bonds is 16. The van der Waals surface area contributed by atoms with Crippen LogP contribution < -0.4 is 16.1 Å². The number of fused-ring (bicyclic) bond motifs is 1. The highest BCUT2D eigenvalue weighted by atomic mass is 16.6. The van der Waals surface area contributed by atoms with Crippen LogP contribution in [0.5, 0.6) is 5.75 Å². The van der Waals surface area contributed by atoms with Gasteiger partial charge in [0.15, 0.2) is 5.76 Å². The molecule has 3 rings (SSSR count). The summed E-state index contributed by atoms with van der Waals surface area (Å²) in [5, 5.41) is 14.7. The number of unbranched alkanes of at least 4 members (excludes halogenated alkanes) is 2. The number of ether oxygens (including phenoxy) is 1. The Bertz CT molecular complexity index is 1320. The van der Waals surface area contributed by atoms with Crippen LogP contribution in [-0.2, 0) is 25.6 Å². The summed E-state index contributed by atoms with van der Waals surface area (Å²) < 4.78 is 4.80. The second kappa shape index (κ2) is 36.6. The third kappa shape index (κ3) is 25.3. The molecule has 0 fully saturated rings. The molecule has 11 heteroatoms. The largest absolute Gasteiger partial charge is 0.507 e. The van der Waals surface area contributed by atoms with Crippen LogP contribution in [0.2, 0.25) is 0 Å². The Morgan fingerprint density at radius 3 is 2.22 bits per heavy atom. The molecule has 0 spiro atoms. The Balaban J connectivity index is -0.000000739. The molecule has 1 aliphatic rings. The smallest absolute Gasteiger partial charge is 0.322 e. The summed E-state index contributed by atoms with van der Waals surface area (Å²) >= 11 is 0. The molecule has 304 valence electrons. The summed E-state index contributed by atoms with van der Waals surface area (Å²) in [5.41, 5.74) is 8.01. The van der Waals surface area contributed by atoms with Crippen LogP contribution >= 0.6 is 0 Å². The van der Waals surface area contributed by atoms with Gasteiger partial charge in [-0.15, -0.1) is 13.2 Å². The first-order valence-electron chi connectivity index (χ1n) is 18.9. The van der Waals surface area contributed by atoms with E-state index in [1.165, 1.54) is 23.7 Å². The van der Waals surface area contributed by atoms with Gasteiger partial charge in [-0.05, 0) is 88.5 Å². The number of carbonyl (C=O) groups is 3. The first-order chi connectivity index (χ1) is 26.0. The standard InChI is InChI=1S/C19H29N3O3.C9H12O.C7H11NO2.C4H9N.C2H6.C2H4/c1-2-3-4-8-17(10-12-20-25-15-14-23)22-13-11-16-7-5-6-9-18(16)21-19(22)24;1-6-4-7(2)9(10)8(3)5-6;1-4-8-7(9)6(3)10-5-2;1-3-4-5-2;2*1-2/h5-7,9,14,17,20H,2-4,8,10-13,15H2,1H3,(H,21,24);4-5,10H,1-3H3;4H,1,3,5H2,2H3,(H,8,9);4H,3H2,1-2H3;1-2H3;1-2H2. The number of aldehydes is 1. The molecule has 4 N–H and O–H groups in total. The van der Waals surface area contributed by atoms with Crippen molar-refractivity contribution < 1.29 is 29.1 Å². The second-order valence-corrected chi connectivity index (χ2v) is 11.5. The van der Waals surface area contributed by atoms with Crippen molar-refractivity contribution in [3.8, 4) is 5.75 Å². The molecular formula is C43H71N5O6. The summed E-state index contributed by atoms with van der Waals surface area (Å²) in [6, 6.07) is 12.1. The zero-order valence-corrected chi connectivity index (χ0v) is 34.8. The molecule has 11 nitrogen and oxygen atoms in total. The lowest BCUT2D eigenvalue weighted by Gasteiger charge is -2.31. The van der Waals surface area contributed by atoms with Gasteiger partial charge in [-0.3, -0.25) is 9.63 Å². The van der Waals surface area contributed by atoms with Gasteiger partial charge in [0.25, 0.3) is 5.91 Å². The Morgan fingerprint density at radius 2 is 1.70 bits per heavy atom. The van der Waals surface area contributed by atoms with E-state index in [-0.39, 0.29) is 30.3 Å². The predicted octanol–water partition coefficient (Wildman–Crippen LogP) is 9.17. The van der Waals surface area contributed by atoms with Crippen molar-refractivity contribution in [2.24, 2.45) is 4.99 Å². The summed E-state index contributed by atoms with van der Waals surface area (Å²) in [4.78, 5) is 44.4. The van der Waals surface area contributed by atoms with Crippen molar-refractivity contribution in [1.82, 2.24) is 15.7 Å². The number of hydrogen-bond acceptors (Lipinski definition) is 8. The molecule has 0 saturated heterocycles. The minimum Gasteiger partial charge on any atom is -0.507 e. The molecule has 0 aliphatic carbocycles. The van der Waals surface area contributed by atoms with Crippen LogP contribution in [0, 0.1) is 20.8 Å². The van der Waals surface area contributed by atoms with Crippen molar-refractivity contribution in [3.05, 3.63) is 96.9 Å². The fourth-order valence-corrected chi connectivity index (χ4v) is 4.98. The second-order valence-electron chi connectivity index (χ2n) is 11.5. The number of nitrogens with one attached hydrogen (secondary N) is 3. The molecule has 3 amide bonds. The zero-order valence-electron chi connectivity index (χ0n) is 34.8. The van der Waals surface area contributed by atoms with Gasteiger partial charge in [0, 0.05) is 31.9 Å². The SMILES string of the molecule is C=C.C=CNC(=O)C(=C)OCC.CC.CCC=NC.CCCCCC(CCNOCC=O)N1CCc2ccccc2NC1=O.Cc1cc(C)c(O)c(C)c1. The average Bonchev–Trinajstić information content (AvgIpc) is 3.34. The van der Waals surface area contributed by atoms with Crippen LogP contribution in [0.1, 0.15) is 95.4 Å². The topological polar surface area (TPSA) is 142 Å². The number of hydrogen-bond donors (Lipinski definition) is 4. The van der Waals surface area contributed by atoms with Gasteiger partial charge in [0.2, 0.25) is 0 Å². The molecule has 1 atom stereocenters. The van der Waals surface area contributed by atoms with E-state index >= 15 is 0 Å². The summed E-state index contributed by atoms with van der Waals surface area (Å²) in [7, 11) is 1.78. The van der Waals surface area contributed by atoms with E-state index in [0.29, 0.717) is 25.2 Å². The monoisotopic (exact) mass is 754 g/mol. The van der Waals surface area contributed by atoms with E-state index in [4.69, 9.17) is 9.57 Å². The fourth-order valence-electron chi connectivity index (χ4n) is 4.98. The minimum atomic E-state index is -0.350. The van der Waals surface area contributed by atoms with Crippen LogP contribution in [-0.4, -0.2) is 73.8 Å². The highest BCUT2D eigenvalue weighted by Gasteiger charge is 2.26. The third-order valence-corrected chi connectivity index (χ3v) is 7.36. The normalized spacial score (nSPS) is 11.5. The van der Waals surface area contributed by atoms with Gasteiger partial charge < -0.3 is 35.2 Å². The number of benzene rings is 2. The molecule has 0 saturated carbocycles. The number of hydroxylamine groups is 1. The Kier molecular flexibility index (Phi) is 36.3. The number of amides is 3. The molecular weight excluding hydrogens is 683 g/mol. The highest BCUT2D eigenvalue weighted by molar-refractivity contribution is 5.91. The van der Waals surface area contributed by atoms with E-state index in [1.54, 1.807) is 14.0 Å². The van der Waals surface area contributed by atoms with Crippen LogP contribution in [0.25, 0.3) is 0 Å². The number of phenols is 1. The van der Waals surface area contributed by atoms with Crippen LogP contribution in [0.3, 0.4) is 0 Å². The first-order valence-corrected chi connectivity index (χ1v) is 18.9. The first kappa shape index (κ1) is 53.6.